The minimum absolute atomic E-state index is 0.0145. The van der Waals surface area contributed by atoms with Gasteiger partial charge in [-0.25, -0.2) is 4.99 Å². The van der Waals surface area contributed by atoms with Crippen LogP contribution in [-0.4, -0.2) is 36.2 Å². The van der Waals surface area contributed by atoms with Gasteiger partial charge in [-0.1, -0.05) is 59.8 Å². The number of benzene rings is 3. The van der Waals surface area contributed by atoms with E-state index >= 15 is 0 Å². The summed E-state index contributed by atoms with van der Waals surface area (Å²) in [7, 11) is 1.69. The van der Waals surface area contributed by atoms with Gasteiger partial charge in [0.1, 0.15) is 5.75 Å². The predicted octanol–water partition coefficient (Wildman–Crippen LogP) is 7.47. The number of carbonyl (C=O) groups is 1. The quantitative estimate of drug-likeness (QED) is 0.311. The second-order valence-electron chi connectivity index (χ2n) is 8.65. The molecule has 0 saturated carbocycles. The van der Waals surface area contributed by atoms with E-state index in [1.165, 1.54) is 17.3 Å². The number of nitrogens with zero attached hydrogens (tertiary/aromatic N) is 3. The van der Waals surface area contributed by atoms with E-state index in [1.54, 1.807) is 23.8 Å². The Morgan fingerprint density at radius 2 is 1.68 bits per heavy atom. The summed E-state index contributed by atoms with van der Waals surface area (Å²) in [6.45, 7) is 7.56. The molecule has 2 heterocycles. The Kier molecular flexibility index (Phi) is 7.44. The molecule has 1 amide bonds. The number of methoxy groups -OCH3 is 1. The van der Waals surface area contributed by atoms with Crippen LogP contribution in [0.25, 0.3) is 5.57 Å². The van der Waals surface area contributed by atoms with Gasteiger partial charge < -0.3 is 9.64 Å². The van der Waals surface area contributed by atoms with E-state index in [0.29, 0.717) is 16.6 Å². The second kappa shape index (κ2) is 10.9. The average Bonchev–Trinajstić information content (AvgIpc) is 3.43. The van der Waals surface area contributed by atoms with Crippen molar-refractivity contribution in [3.8, 4) is 5.75 Å². The van der Waals surface area contributed by atoms with Crippen molar-refractivity contribution in [2.45, 2.75) is 25.7 Å². The van der Waals surface area contributed by atoms with Crippen LogP contribution in [0.4, 0.5) is 11.4 Å². The van der Waals surface area contributed by atoms with Crippen LogP contribution in [0.2, 0.25) is 0 Å². The van der Waals surface area contributed by atoms with Gasteiger partial charge in [-0.3, -0.25) is 9.69 Å². The third-order valence-corrected chi connectivity index (χ3v) is 8.48. The molecule has 5 nitrogen and oxygen atoms in total. The number of aliphatic imine (C=N–C) groups is 1. The molecule has 0 N–H and O–H groups in total. The molecule has 1 fully saturated rings. The molecular weight excluding hydrogens is 498 g/mol. The maximum atomic E-state index is 13.7. The van der Waals surface area contributed by atoms with Crippen LogP contribution in [0.15, 0.2) is 98.7 Å². The average molecular weight is 528 g/mol. The van der Waals surface area contributed by atoms with Crippen molar-refractivity contribution < 1.29 is 9.53 Å². The molecule has 0 aromatic heterocycles. The van der Waals surface area contributed by atoms with E-state index in [4.69, 9.17) is 9.73 Å². The minimum Gasteiger partial charge on any atom is -0.497 e. The number of likely N-dealkylation sites (N-methyl/N-ethyl adjacent to an activating group) is 1. The smallest absolute Gasteiger partial charge is 0.267 e. The fraction of sp³-hybridized carbons (Fsp3) is 0.200. The lowest BCUT2D eigenvalue weighted by Gasteiger charge is -2.19. The lowest BCUT2D eigenvalue weighted by molar-refractivity contribution is -0.122. The fourth-order valence-electron chi connectivity index (χ4n) is 4.33. The van der Waals surface area contributed by atoms with E-state index < -0.39 is 0 Å². The Balaban J connectivity index is 1.61. The zero-order chi connectivity index (χ0) is 25.9. The number of ether oxygens (including phenoxy) is 1. The van der Waals surface area contributed by atoms with Gasteiger partial charge in [0.2, 0.25) is 0 Å². The number of carbonyl (C=O) groups excluding carboxylic acids is 1. The second-order valence-corrected chi connectivity index (χ2v) is 10.7. The molecule has 0 unspecified atom stereocenters. The van der Waals surface area contributed by atoms with Crippen molar-refractivity contribution >= 4 is 51.5 Å². The van der Waals surface area contributed by atoms with Crippen LogP contribution in [0.1, 0.15) is 25.0 Å². The van der Waals surface area contributed by atoms with Gasteiger partial charge in [-0.05, 0) is 74.5 Å². The number of hydrogen-bond donors (Lipinski definition) is 0. The fourth-order valence-corrected chi connectivity index (χ4v) is 6.67. The Morgan fingerprint density at radius 3 is 2.35 bits per heavy atom. The SMILES string of the molecule is CCN1C(=O)/C(=C(/C=C2/Sc3cc(OC)ccc3N2CC)c2ccccc2)SC1=Nc1ccc(C)cc1. The first-order valence-corrected chi connectivity index (χ1v) is 14.0. The number of fused-ring (bicyclic) bond motifs is 1. The van der Waals surface area contributed by atoms with Crippen LogP contribution in [0.5, 0.6) is 5.75 Å². The van der Waals surface area contributed by atoms with Crippen LogP contribution in [0.3, 0.4) is 0 Å². The summed E-state index contributed by atoms with van der Waals surface area (Å²) in [6, 6.07) is 24.4. The lowest BCUT2D eigenvalue weighted by Crippen LogP contribution is -2.28. The third kappa shape index (κ3) is 5.06. The third-order valence-electron chi connectivity index (χ3n) is 6.29. The summed E-state index contributed by atoms with van der Waals surface area (Å²) in [6.07, 6.45) is 2.15. The van der Waals surface area contributed by atoms with Crippen LogP contribution in [-0.2, 0) is 4.79 Å². The summed E-state index contributed by atoms with van der Waals surface area (Å²) in [5.41, 5.74) is 5.08. The molecule has 2 aliphatic heterocycles. The molecule has 0 atom stereocenters. The van der Waals surface area contributed by atoms with E-state index in [9.17, 15) is 4.79 Å². The normalized spacial score (nSPS) is 18.6. The topological polar surface area (TPSA) is 45.1 Å². The van der Waals surface area contributed by atoms with E-state index in [0.717, 1.165) is 44.7 Å². The summed E-state index contributed by atoms with van der Waals surface area (Å²) in [5, 5.41) is 1.79. The number of thioether (sulfide) groups is 2. The van der Waals surface area contributed by atoms with E-state index in [-0.39, 0.29) is 5.91 Å². The number of rotatable bonds is 6. The Bertz CT molecular complexity index is 1410. The number of amides is 1. The molecule has 0 bridgehead atoms. The highest BCUT2D eigenvalue weighted by atomic mass is 32.2. The van der Waals surface area contributed by atoms with Crippen molar-refractivity contribution in [3.05, 3.63) is 99.9 Å². The van der Waals surface area contributed by atoms with Crippen molar-refractivity contribution in [1.29, 1.82) is 0 Å². The highest BCUT2D eigenvalue weighted by Gasteiger charge is 2.35. The lowest BCUT2D eigenvalue weighted by atomic mass is 10.0. The molecule has 3 aromatic carbocycles. The molecule has 3 aromatic rings. The van der Waals surface area contributed by atoms with Crippen LogP contribution < -0.4 is 9.64 Å². The van der Waals surface area contributed by atoms with Gasteiger partial charge in [0.05, 0.1) is 28.4 Å². The predicted molar refractivity (Wildman–Crippen MR) is 157 cm³/mol. The molecule has 0 aliphatic carbocycles. The molecule has 37 heavy (non-hydrogen) atoms. The Hall–Kier alpha value is -3.42. The first-order chi connectivity index (χ1) is 18.0. The van der Waals surface area contributed by atoms with E-state index in [1.807, 2.05) is 55.5 Å². The zero-order valence-electron chi connectivity index (χ0n) is 21.4. The van der Waals surface area contributed by atoms with Gasteiger partial charge in [0.15, 0.2) is 5.17 Å². The van der Waals surface area contributed by atoms with Gasteiger partial charge in [0, 0.05) is 23.6 Å². The summed E-state index contributed by atoms with van der Waals surface area (Å²) in [4.78, 5) is 24.5. The first-order valence-electron chi connectivity index (χ1n) is 12.3. The first kappa shape index (κ1) is 25.2. The van der Waals surface area contributed by atoms with Crippen molar-refractivity contribution in [1.82, 2.24) is 4.90 Å². The summed E-state index contributed by atoms with van der Waals surface area (Å²) in [5.74, 6) is 0.821. The standard InChI is InChI=1S/C30H29N3O2S2/c1-5-32-25-17-16-23(35-4)18-26(25)36-27(32)19-24(21-10-8-7-9-11-21)28-29(34)33(6-2)30(37-28)31-22-14-12-20(3)13-15-22/h7-19H,5-6H2,1-4H3/b27-19+,28-24+,31-30?. The summed E-state index contributed by atoms with van der Waals surface area (Å²) >= 11 is 3.15. The molecule has 5 rings (SSSR count). The highest BCUT2D eigenvalue weighted by molar-refractivity contribution is 8.18. The van der Waals surface area contributed by atoms with Gasteiger partial charge in [-0.15, -0.1) is 0 Å². The molecule has 188 valence electrons. The van der Waals surface area contributed by atoms with Gasteiger partial charge in [0.25, 0.3) is 5.91 Å². The molecular formula is C30H29N3O2S2. The largest absolute Gasteiger partial charge is 0.497 e. The number of allylic oxidation sites excluding steroid dienone is 2. The monoisotopic (exact) mass is 527 g/mol. The van der Waals surface area contributed by atoms with Crippen molar-refractivity contribution in [2.24, 2.45) is 4.99 Å². The van der Waals surface area contributed by atoms with Crippen LogP contribution in [0, 0.1) is 6.92 Å². The van der Waals surface area contributed by atoms with Gasteiger partial charge >= 0.3 is 0 Å². The van der Waals surface area contributed by atoms with Crippen molar-refractivity contribution in [3.63, 3.8) is 0 Å². The number of amidine groups is 1. The number of hydrogen-bond acceptors (Lipinski definition) is 6. The maximum absolute atomic E-state index is 13.7. The number of aryl methyl sites for hydroxylation is 1. The molecule has 0 spiro atoms. The molecule has 2 aliphatic rings. The maximum Gasteiger partial charge on any atom is 0.267 e. The zero-order valence-corrected chi connectivity index (χ0v) is 23.0. The highest BCUT2D eigenvalue weighted by Crippen LogP contribution is 2.49. The number of anilines is 1. The van der Waals surface area contributed by atoms with Crippen molar-refractivity contribution in [2.75, 3.05) is 25.1 Å². The van der Waals surface area contributed by atoms with Crippen LogP contribution >= 0.6 is 23.5 Å². The Morgan fingerprint density at radius 1 is 0.946 bits per heavy atom. The van der Waals surface area contributed by atoms with E-state index in [2.05, 4.69) is 49.1 Å². The molecule has 7 heteroatoms. The van der Waals surface area contributed by atoms with Gasteiger partial charge in [-0.2, -0.15) is 0 Å². The molecule has 1 saturated heterocycles. The Labute approximate surface area is 226 Å². The molecule has 0 radical (unpaired) electrons. The summed E-state index contributed by atoms with van der Waals surface area (Å²) < 4.78 is 5.45. The minimum atomic E-state index is -0.0145.